The average molecular weight is 1070 g/mol. The van der Waals surface area contributed by atoms with Crippen LogP contribution < -0.4 is 0 Å². The highest BCUT2D eigenvalue weighted by Crippen LogP contribution is 2.74. The Morgan fingerprint density at radius 1 is 0.333 bits per heavy atom. The number of esters is 3. The van der Waals surface area contributed by atoms with E-state index >= 15 is 0 Å². The van der Waals surface area contributed by atoms with Crippen molar-refractivity contribution in [2.24, 2.45) is 21.7 Å². The molecule has 0 aromatic carbocycles. The summed E-state index contributed by atoms with van der Waals surface area (Å²) >= 11 is 0. The molecule has 4 fully saturated rings. The highest BCUT2D eigenvalue weighted by atomic mass is 16.7. The van der Waals surface area contributed by atoms with Gasteiger partial charge in [0.2, 0.25) is 0 Å². The van der Waals surface area contributed by atoms with Crippen molar-refractivity contribution in [1.82, 2.24) is 0 Å². The number of aliphatic hydroxyl groups excluding tert-OH is 1. The fourth-order valence-electron chi connectivity index (χ4n) is 12.9. The van der Waals surface area contributed by atoms with Crippen molar-refractivity contribution in [3.05, 3.63) is 0 Å². The summed E-state index contributed by atoms with van der Waals surface area (Å²) in [5.41, 5.74) is -2.00. The Hall–Kier alpha value is -1.87. The van der Waals surface area contributed by atoms with Gasteiger partial charge in [0, 0.05) is 81.8 Å². The number of hydrogen-bond acceptors (Lipinski definition) is 13. The molecule has 0 aromatic rings. The number of carbonyl (C=O) groups is 3. The molecule has 13 heteroatoms. The van der Waals surface area contributed by atoms with Gasteiger partial charge in [0.1, 0.15) is 0 Å². The van der Waals surface area contributed by atoms with E-state index in [0.717, 1.165) is 116 Å². The fraction of sp³-hybridized carbons (Fsp3) is 0.952. The molecular formula is C62H114O13. The summed E-state index contributed by atoms with van der Waals surface area (Å²) in [6.07, 6.45) is 30.7. The Morgan fingerprint density at radius 3 is 0.747 bits per heavy atom. The number of unbranched alkanes of at least 4 members (excludes halogenated alkanes) is 18. The van der Waals surface area contributed by atoms with Crippen molar-refractivity contribution in [2.45, 2.75) is 292 Å². The van der Waals surface area contributed by atoms with Gasteiger partial charge < -0.3 is 47.7 Å². The van der Waals surface area contributed by atoms with Gasteiger partial charge in [-0.1, -0.05) is 157 Å². The van der Waals surface area contributed by atoms with Crippen molar-refractivity contribution in [3.8, 4) is 0 Å². The zero-order valence-corrected chi connectivity index (χ0v) is 49.1. The van der Waals surface area contributed by atoms with Crippen LogP contribution in [0.25, 0.3) is 0 Å². The second-order valence-corrected chi connectivity index (χ2v) is 23.7. The van der Waals surface area contributed by atoms with Crippen LogP contribution in [0.1, 0.15) is 273 Å². The molecule has 4 aliphatic rings. The maximum Gasteiger partial charge on any atom is 0.305 e. The third-order valence-corrected chi connectivity index (χ3v) is 16.0. The molecule has 0 amide bonds. The zero-order valence-electron chi connectivity index (χ0n) is 49.1. The van der Waals surface area contributed by atoms with Gasteiger partial charge in [-0.15, -0.1) is 0 Å². The quantitative estimate of drug-likeness (QED) is 0.0266. The monoisotopic (exact) mass is 1070 g/mol. The molecule has 0 unspecified atom stereocenters. The lowest BCUT2D eigenvalue weighted by molar-refractivity contribution is -0.247. The zero-order chi connectivity index (χ0) is 54.4. The minimum atomic E-state index is -0.507. The molecule has 0 aromatic heterocycles. The van der Waals surface area contributed by atoms with Crippen LogP contribution >= 0.6 is 0 Å². The summed E-state index contributed by atoms with van der Waals surface area (Å²) < 4.78 is 55.9. The lowest BCUT2D eigenvalue weighted by Gasteiger charge is -2.69. The van der Waals surface area contributed by atoms with E-state index in [0.29, 0.717) is 97.4 Å². The summed E-state index contributed by atoms with van der Waals surface area (Å²) in [7, 11) is 0. The third-order valence-electron chi connectivity index (χ3n) is 16.0. The molecule has 0 atom stereocenters. The SMILES string of the molecule is CCCCCCOC(CCC(=O)OCC12CC3(CO)CC(COC(=O)CCC(OCCCCCC)OCCCCCC)(C1)CC(COC(=O)CCC(OCCCCCC)OCCCCCC)(C3)C2)OCCCCCC. The topological polar surface area (TPSA) is 155 Å². The summed E-state index contributed by atoms with van der Waals surface area (Å²) in [6.45, 7) is 17.2. The molecule has 4 bridgehead atoms. The predicted octanol–water partition coefficient (Wildman–Crippen LogP) is 14.8. The van der Waals surface area contributed by atoms with Gasteiger partial charge in [0.15, 0.2) is 18.9 Å². The first-order chi connectivity index (χ1) is 36.5. The maximum absolute atomic E-state index is 13.8. The molecule has 0 heterocycles. The molecule has 4 saturated carbocycles. The number of rotatable bonds is 52. The molecule has 4 aliphatic carbocycles. The van der Waals surface area contributed by atoms with Crippen LogP contribution in [0.2, 0.25) is 0 Å². The van der Waals surface area contributed by atoms with Crippen LogP contribution in [0, 0.1) is 21.7 Å². The van der Waals surface area contributed by atoms with Gasteiger partial charge >= 0.3 is 17.9 Å². The Balaban J connectivity index is 1.77. The Labute approximate surface area is 457 Å². The molecule has 0 aliphatic heterocycles. The minimum Gasteiger partial charge on any atom is -0.465 e. The minimum absolute atomic E-state index is 0.0549. The van der Waals surface area contributed by atoms with Gasteiger partial charge in [-0.3, -0.25) is 14.4 Å². The molecule has 13 nitrogen and oxygen atoms in total. The van der Waals surface area contributed by atoms with Gasteiger partial charge in [0.05, 0.1) is 39.1 Å². The number of ether oxygens (including phenoxy) is 9. The lowest BCUT2D eigenvalue weighted by atomic mass is 9.36. The molecule has 440 valence electrons. The largest absolute Gasteiger partial charge is 0.465 e. The Morgan fingerprint density at radius 2 is 0.547 bits per heavy atom. The summed E-state index contributed by atoms with van der Waals surface area (Å²) in [5, 5.41) is 11.3. The molecule has 0 radical (unpaired) electrons. The van der Waals surface area contributed by atoms with Gasteiger partial charge in [-0.25, -0.2) is 0 Å². The van der Waals surface area contributed by atoms with E-state index in [1.165, 1.54) is 38.5 Å². The summed E-state index contributed by atoms with van der Waals surface area (Å²) in [5.74, 6) is -0.907. The first kappa shape index (κ1) is 67.4. The van der Waals surface area contributed by atoms with E-state index in [1.54, 1.807) is 0 Å². The summed E-state index contributed by atoms with van der Waals surface area (Å²) in [4.78, 5) is 41.3. The van der Waals surface area contributed by atoms with Gasteiger partial charge in [-0.2, -0.15) is 0 Å². The van der Waals surface area contributed by atoms with Gasteiger partial charge in [0.25, 0.3) is 0 Å². The Bertz CT molecular complexity index is 1240. The highest BCUT2D eigenvalue weighted by Gasteiger charge is 2.69. The van der Waals surface area contributed by atoms with Gasteiger partial charge in [-0.05, 0) is 82.5 Å². The van der Waals surface area contributed by atoms with E-state index in [9.17, 15) is 19.5 Å². The average Bonchev–Trinajstić information content (AvgIpc) is 3.40. The normalized spacial score (nSPS) is 22.0. The van der Waals surface area contributed by atoms with E-state index in [4.69, 9.17) is 42.6 Å². The molecule has 4 rings (SSSR count). The van der Waals surface area contributed by atoms with Crippen LogP contribution in [-0.2, 0) is 57.0 Å². The Kier molecular flexibility index (Phi) is 36.2. The fourth-order valence-corrected chi connectivity index (χ4v) is 12.9. The van der Waals surface area contributed by atoms with Crippen molar-refractivity contribution >= 4 is 17.9 Å². The van der Waals surface area contributed by atoms with Crippen molar-refractivity contribution in [2.75, 3.05) is 66.1 Å². The number of aliphatic hydroxyl groups is 1. The highest BCUT2D eigenvalue weighted by molar-refractivity contribution is 5.70. The van der Waals surface area contributed by atoms with Crippen molar-refractivity contribution < 1.29 is 62.1 Å². The lowest BCUT2D eigenvalue weighted by Crippen LogP contribution is -2.65. The number of carbonyl (C=O) groups excluding carboxylic acids is 3. The first-order valence-electron chi connectivity index (χ1n) is 31.2. The smallest absolute Gasteiger partial charge is 0.305 e. The van der Waals surface area contributed by atoms with Crippen molar-refractivity contribution in [3.63, 3.8) is 0 Å². The van der Waals surface area contributed by atoms with E-state index in [2.05, 4.69) is 41.5 Å². The van der Waals surface area contributed by atoms with Crippen LogP contribution in [0.4, 0.5) is 0 Å². The van der Waals surface area contributed by atoms with E-state index < -0.39 is 40.5 Å². The van der Waals surface area contributed by atoms with Crippen LogP contribution in [-0.4, -0.2) is 108 Å². The standard InChI is InChI=1S/C62H114O13/c1-7-13-19-25-37-67-56(68-38-26-20-14-8-2)34-31-53(64)73-50-60-43-59(49-63)44-61(46-60,51-74-54(65)32-35-57(69-39-27-21-15-9-3)70-40-28-22-16-10-4)48-62(45-59,47-60)52-75-55(66)33-36-58(71-41-29-23-17-11-5)72-42-30-24-18-12-6/h56-58,63H,7-52H2,1-6H3. The van der Waals surface area contributed by atoms with Crippen molar-refractivity contribution in [1.29, 1.82) is 0 Å². The third kappa shape index (κ3) is 28.2. The van der Waals surface area contributed by atoms with E-state index in [1.807, 2.05) is 0 Å². The molecule has 0 spiro atoms. The predicted molar refractivity (Wildman–Crippen MR) is 297 cm³/mol. The molecule has 75 heavy (non-hydrogen) atoms. The number of hydrogen-bond donors (Lipinski definition) is 1. The molecule has 0 saturated heterocycles. The second kappa shape index (κ2) is 40.3. The van der Waals surface area contributed by atoms with Crippen LogP contribution in [0.3, 0.4) is 0 Å². The van der Waals surface area contributed by atoms with E-state index in [-0.39, 0.29) is 63.6 Å². The molecule has 1 N–H and O–H groups in total. The second-order valence-electron chi connectivity index (χ2n) is 23.7. The molecular weight excluding hydrogens is 953 g/mol. The van der Waals surface area contributed by atoms with Crippen LogP contribution in [0.15, 0.2) is 0 Å². The van der Waals surface area contributed by atoms with Crippen LogP contribution in [0.5, 0.6) is 0 Å². The summed E-state index contributed by atoms with van der Waals surface area (Å²) in [6, 6.07) is 0. The first-order valence-corrected chi connectivity index (χ1v) is 31.2. The maximum atomic E-state index is 13.8.